The molecule has 158 valence electrons. The van der Waals surface area contributed by atoms with Gasteiger partial charge in [0, 0.05) is 28.7 Å². The van der Waals surface area contributed by atoms with E-state index < -0.39 is 6.36 Å². The molecule has 0 saturated carbocycles. The number of anilines is 2. The minimum atomic E-state index is -4.76. The van der Waals surface area contributed by atoms with E-state index in [1.807, 2.05) is 38.1 Å². The molecule has 0 saturated heterocycles. The van der Waals surface area contributed by atoms with Gasteiger partial charge in [0.25, 0.3) is 0 Å². The van der Waals surface area contributed by atoms with E-state index in [9.17, 15) is 13.2 Å². The van der Waals surface area contributed by atoms with E-state index in [1.54, 1.807) is 12.1 Å². The van der Waals surface area contributed by atoms with Crippen LogP contribution < -0.4 is 15.4 Å². The van der Waals surface area contributed by atoms with Crippen molar-refractivity contribution in [2.24, 2.45) is 0 Å². The lowest BCUT2D eigenvalue weighted by atomic mass is 10.1. The number of ether oxygens (including phenoxy) is 1. The first-order valence-electron chi connectivity index (χ1n) is 9.19. The van der Waals surface area contributed by atoms with Gasteiger partial charge >= 0.3 is 6.36 Å². The van der Waals surface area contributed by atoms with Crippen LogP contribution in [0.15, 0.2) is 59.1 Å². The molecule has 0 aliphatic rings. The Bertz CT molecular complexity index is 1010. The number of hydrogen-bond donors (Lipinski definition) is 2. The quantitative estimate of drug-likeness (QED) is 0.419. The SMILES string of the molecule is CC(C)Nc1nc(NCc2ccccc2Br)cc(-c2cccc(OC(F)(F)F)c2)n1. The van der Waals surface area contributed by atoms with Crippen LogP contribution in [0.4, 0.5) is 24.9 Å². The number of nitrogens with one attached hydrogen (secondary N) is 2. The smallest absolute Gasteiger partial charge is 0.406 e. The van der Waals surface area contributed by atoms with Crippen molar-refractivity contribution in [1.29, 1.82) is 0 Å². The molecule has 0 radical (unpaired) electrons. The van der Waals surface area contributed by atoms with Gasteiger partial charge in [-0.2, -0.15) is 4.98 Å². The first-order chi connectivity index (χ1) is 14.2. The predicted molar refractivity (Wildman–Crippen MR) is 114 cm³/mol. The first-order valence-corrected chi connectivity index (χ1v) is 9.98. The van der Waals surface area contributed by atoms with Crippen LogP contribution in [0.2, 0.25) is 0 Å². The standard InChI is InChI=1S/C21H20BrF3N4O/c1-13(2)27-20-28-18(14-7-5-8-16(10-14)30-21(23,24)25)11-19(29-20)26-12-15-6-3-4-9-17(15)22/h3-11,13H,12H2,1-2H3,(H2,26,27,28,29). The summed E-state index contributed by atoms with van der Waals surface area (Å²) in [4.78, 5) is 8.91. The Labute approximate surface area is 180 Å². The number of hydrogen-bond acceptors (Lipinski definition) is 5. The summed E-state index contributed by atoms with van der Waals surface area (Å²) in [6, 6.07) is 15.3. The molecule has 2 aromatic carbocycles. The molecule has 1 aromatic heterocycles. The summed E-state index contributed by atoms with van der Waals surface area (Å²) in [7, 11) is 0. The molecule has 0 bridgehead atoms. The number of alkyl halides is 3. The molecule has 0 amide bonds. The fourth-order valence-corrected chi connectivity index (χ4v) is 3.11. The average Bonchev–Trinajstić information content (AvgIpc) is 2.65. The van der Waals surface area contributed by atoms with E-state index in [-0.39, 0.29) is 11.8 Å². The van der Waals surface area contributed by atoms with Crippen LogP contribution in [0.1, 0.15) is 19.4 Å². The molecule has 5 nitrogen and oxygen atoms in total. The van der Waals surface area contributed by atoms with Crippen molar-refractivity contribution in [2.45, 2.75) is 32.8 Å². The van der Waals surface area contributed by atoms with Crippen molar-refractivity contribution in [3.05, 3.63) is 64.6 Å². The summed E-state index contributed by atoms with van der Waals surface area (Å²) in [5.41, 5.74) is 1.99. The van der Waals surface area contributed by atoms with E-state index >= 15 is 0 Å². The van der Waals surface area contributed by atoms with Crippen molar-refractivity contribution in [2.75, 3.05) is 10.6 Å². The van der Waals surface area contributed by atoms with E-state index in [4.69, 9.17) is 0 Å². The van der Waals surface area contributed by atoms with Crippen molar-refractivity contribution >= 4 is 27.7 Å². The third-order valence-corrected chi connectivity index (χ3v) is 4.70. The molecule has 2 N–H and O–H groups in total. The summed E-state index contributed by atoms with van der Waals surface area (Å²) < 4.78 is 42.7. The highest BCUT2D eigenvalue weighted by atomic mass is 79.9. The molecule has 0 aliphatic heterocycles. The van der Waals surface area contributed by atoms with Crippen molar-refractivity contribution < 1.29 is 17.9 Å². The topological polar surface area (TPSA) is 59.1 Å². The molecule has 3 aromatic rings. The molecule has 9 heteroatoms. The van der Waals surface area contributed by atoms with Gasteiger partial charge in [-0.25, -0.2) is 4.98 Å². The molecule has 0 aliphatic carbocycles. The van der Waals surface area contributed by atoms with Crippen molar-refractivity contribution in [1.82, 2.24) is 9.97 Å². The van der Waals surface area contributed by atoms with Crippen LogP contribution in [-0.4, -0.2) is 22.4 Å². The van der Waals surface area contributed by atoms with Gasteiger partial charge in [-0.1, -0.05) is 46.3 Å². The summed E-state index contributed by atoms with van der Waals surface area (Å²) in [6.07, 6.45) is -4.76. The number of benzene rings is 2. The van der Waals surface area contributed by atoms with E-state index in [2.05, 4.69) is 41.3 Å². The largest absolute Gasteiger partial charge is 0.573 e. The molecular formula is C21H20BrF3N4O. The molecule has 30 heavy (non-hydrogen) atoms. The Morgan fingerprint density at radius 1 is 1.03 bits per heavy atom. The maximum absolute atomic E-state index is 12.6. The minimum absolute atomic E-state index is 0.0799. The fourth-order valence-electron chi connectivity index (χ4n) is 2.69. The van der Waals surface area contributed by atoms with E-state index in [1.165, 1.54) is 18.2 Å². The second-order valence-electron chi connectivity index (χ2n) is 6.78. The van der Waals surface area contributed by atoms with Gasteiger partial charge in [-0.3, -0.25) is 0 Å². The Morgan fingerprint density at radius 2 is 1.80 bits per heavy atom. The monoisotopic (exact) mass is 480 g/mol. The number of nitrogens with zero attached hydrogens (tertiary/aromatic N) is 2. The lowest BCUT2D eigenvalue weighted by molar-refractivity contribution is -0.274. The van der Waals surface area contributed by atoms with Gasteiger partial charge in [0.05, 0.1) is 5.69 Å². The molecule has 0 atom stereocenters. The summed E-state index contributed by atoms with van der Waals surface area (Å²) in [5.74, 6) is 0.611. The first kappa shape index (κ1) is 21.9. The van der Waals surface area contributed by atoms with E-state index in [0.717, 1.165) is 10.0 Å². The van der Waals surface area contributed by atoms with E-state index in [0.29, 0.717) is 29.6 Å². The normalized spacial score (nSPS) is 11.4. The second kappa shape index (κ2) is 9.34. The summed E-state index contributed by atoms with van der Waals surface area (Å²) >= 11 is 3.51. The van der Waals surface area contributed by atoms with Crippen molar-refractivity contribution in [3.8, 4) is 17.0 Å². The van der Waals surface area contributed by atoms with Gasteiger partial charge in [0.15, 0.2) is 0 Å². The van der Waals surface area contributed by atoms with Crippen molar-refractivity contribution in [3.63, 3.8) is 0 Å². The second-order valence-corrected chi connectivity index (χ2v) is 7.64. The highest BCUT2D eigenvalue weighted by molar-refractivity contribution is 9.10. The fraction of sp³-hybridized carbons (Fsp3) is 0.238. The van der Waals surface area contributed by atoms with Crippen LogP contribution >= 0.6 is 15.9 Å². The molecule has 1 heterocycles. The van der Waals surface area contributed by atoms with Gasteiger partial charge in [-0.05, 0) is 37.6 Å². The lowest BCUT2D eigenvalue weighted by Gasteiger charge is -2.14. The molecule has 0 fully saturated rings. The van der Waals surface area contributed by atoms with Crippen LogP contribution in [0.5, 0.6) is 5.75 Å². The predicted octanol–water partition coefficient (Wildman–Crippen LogP) is 6.24. The Morgan fingerprint density at radius 3 is 2.50 bits per heavy atom. The van der Waals surface area contributed by atoms with Crippen LogP contribution in [0.25, 0.3) is 11.3 Å². The van der Waals surface area contributed by atoms with Crippen LogP contribution in [0.3, 0.4) is 0 Å². The molecule has 0 unspecified atom stereocenters. The highest BCUT2D eigenvalue weighted by Gasteiger charge is 2.31. The third kappa shape index (κ3) is 6.35. The van der Waals surface area contributed by atoms with Gasteiger partial charge in [0.2, 0.25) is 5.95 Å². The molecule has 0 spiro atoms. The zero-order valence-electron chi connectivity index (χ0n) is 16.3. The van der Waals surface area contributed by atoms with Crippen LogP contribution in [0, 0.1) is 0 Å². The molecule has 3 rings (SSSR count). The Balaban J connectivity index is 1.91. The Hall–Kier alpha value is -2.81. The lowest BCUT2D eigenvalue weighted by Crippen LogP contribution is -2.17. The number of halogens is 4. The van der Waals surface area contributed by atoms with Gasteiger partial charge in [-0.15, -0.1) is 13.2 Å². The Kier molecular flexibility index (Phi) is 6.81. The maximum Gasteiger partial charge on any atom is 0.573 e. The zero-order valence-corrected chi connectivity index (χ0v) is 17.9. The minimum Gasteiger partial charge on any atom is -0.406 e. The average molecular weight is 481 g/mol. The van der Waals surface area contributed by atoms with Gasteiger partial charge < -0.3 is 15.4 Å². The summed E-state index contributed by atoms with van der Waals surface area (Å²) in [6.45, 7) is 4.40. The maximum atomic E-state index is 12.6. The highest BCUT2D eigenvalue weighted by Crippen LogP contribution is 2.29. The van der Waals surface area contributed by atoms with Crippen LogP contribution in [-0.2, 0) is 6.54 Å². The number of rotatable bonds is 7. The third-order valence-electron chi connectivity index (χ3n) is 3.93. The summed E-state index contributed by atoms with van der Waals surface area (Å²) in [5, 5.41) is 6.38. The zero-order chi connectivity index (χ0) is 21.7. The number of aromatic nitrogens is 2. The van der Waals surface area contributed by atoms with Gasteiger partial charge in [0.1, 0.15) is 11.6 Å². The molecular weight excluding hydrogens is 461 g/mol.